The zero-order chi connectivity index (χ0) is 21.2. The second-order valence-electron chi connectivity index (χ2n) is 7.92. The Labute approximate surface area is 187 Å². The third kappa shape index (κ3) is 3.91. The van der Waals surface area contributed by atoms with E-state index in [-0.39, 0.29) is 18.2 Å². The lowest BCUT2D eigenvalue weighted by Crippen LogP contribution is -2.36. The van der Waals surface area contributed by atoms with Crippen LogP contribution in [-0.4, -0.2) is 45.9 Å². The first-order chi connectivity index (χ1) is 15.2. The SMILES string of the molecule is COc1ccc(-n2cccc2[C@H]2[C@H](c3ccccn3)NC(=S)N2C[C@@H]2CCCO2)cc1. The van der Waals surface area contributed by atoms with E-state index in [4.69, 9.17) is 21.7 Å². The molecule has 0 saturated carbocycles. The molecule has 2 saturated heterocycles. The highest BCUT2D eigenvalue weighted by molar-refractivity contribution is 7.80. The van der Waals surface area contributed by atoms with Crippen molar-refractivity contribution in [3.63, 3.8) is 0 Å². The van der Waals surface area contributed by atoms with Crippen molar-refractivity contribution in [3.05, 3.63) is 78.4 Å². The van der Waals surface area contributed by atoms with Crippen molar-refractivity contribution in [1.29, 1.82) is 0 Å². The van der Waals surface area contributed by atoms with Crippen LogP contribution in [0.5, 0.6) is 5.75 Å². The normalized spacial score (nSPS) is 23.2. The molecule has 0 radical (unpaired) electrons. The number of hydrogen-bond acceptors (Lipinski definition) is 4. The minimum Gasteiger partial charge on any atom is -0.497 e. The second-order valence-corrected chi connectivity index (χ2v) is 8.30. The molecular formula is C24H26N4O2S. The first-order valence-corrected chi connectivity index (χ1v) is 11.1. The van der Waals surface area contributed by atoms with Crippen LogP contribution in [0.1, 0.15) is 36.3 Å². The smallest absolute Gasteiger partial charge is 0.170 e. The predicted octanol–water partition coefficient (Wildman–Crippen LogP) is 4.03. The molecule has 2 aliphatic rings. The van der Waals surface area contributed by atoms with Gasteiger partial charge in [0.05, 0.1) is 31.0 Å². The highest BCUT2D eigenvalue weighted by Gasteiger charge is 2.42. The van der Waals surface area contributed by atoms with Crippen molar-refractivity contribution in [2.75, 3.05) is 20.3 Å². The molecule has 0 amide bonds. The average Bonchev–Trinajstić information content (AvgIpc) is 3.56. The van der Waals surface area contributed by atoms with Crippen LogP contribution in [0, 0.1) is 0 Å². The van der Waals surface area contributed by atoms with Gasteiger partial charge in [-0.1, -0.05) is 6.07 Å². The number of nitrogens with one attached hydrogen (secondary N) is 1. The van der Waals surface area contributed by atoms with Crippen LogP contribution in [0.3, 0.4) is 0 Å². The first-order valence-electron chi connectivity index (χ1n) is 10.7. The van der Waals surface area contributed by atoms with E-state index in [0.29, 0.717) is 0 Å². The molecule has 0 aliphatic carbocycles. The summed E-state index contributed by atoms with van der Waals surface area (Å²) in [5.41, 5.74) is 3.22. The lowest BCUT2D eigenvalue weighted by molar-refractivity contribution is 0.0836. The van der Waals surface area contributed by atoms with E-state index < -0.39 is 0 Å². The summed E-state index contributed by atoms with van der Waals surface area (Å²) >= 11 is 5.80. The van der Waals surface area contributed by atoms with E-state index in [0.717, 1.165) is 53.9 Å². The highest BCUT2D eigenvalue weighted by atomic mass is 32.1. The Morgan fingerprint density at radius 3 is 2.74 bits per heavy atom. The van der Waals surface area contributed by atoms with Crippen LogP contribution in [0.25, 0.3) is 5.69 Å². The molecule has 2 aromatic heterocycles. The summed E-state index contributed by atoms with van der Waals surface area (Å²) in [5, 5.41) is 4.28. The fraction of sp³-hybridized carbons (Fsp3) is 0.333. The number of hydrogen-bond donors (Lipinski definition) is 1. The maximum Gasteiger partial charge on any atom is 0.170 e. The molecule has 3 aromatic rings. The predicted molar refractivity (Wildman–Crippen MR) is 123 cm³/mol. The van der Waals surface area contributed by atoms with Gasteiger partial charge in [-0.25, -0.2) is 0 Å². The van der Waals surface area contributed by atoms with Gasteiger partial charge < -0.3 is 24.3 Å². The average molecular weight is 435 g/mol. The number of aromatic nitrogens is 2. The molecule has 3 atom stereocenters. The van der Waals surface area contributed by atoms with Gasteiger partial charge in [0.2, 0.25) is 0 Å². The summed E-state index contributed by atoms with van der Waals surface area (Å²) in [7, 11) is 1.68. The van der Waals surface area contributed by atoms with Gasteiger partial charge >= 0.3 is 0 Å². The summed E-state index contributed by atoms with van der Waals surface area (Å²) < 4.78 is 13.5. The van der Waals surface area contributed by atoms with E-state index >= 15 is 0 Å². The maximum absolute atomic E-state index is 5.94. The van der Waals surface area contributed by atoms with Crippen LogP contribution >= 0.6 is 12.2 Å². The van der Waals surface area contributed by atoms with Crippen molar-refractivity contribution >= 4 is 17.3 Å². The largest absolute Gasteiger partial charge is 0.497 e. The maximum atomic E-state index is 5.94. The molecule has 5 rings (SSSR count). The van der Waals surface area contributed by atoms with Gasteiger partial charge in [-0.15, -0.1) is 0 Å². The summed E-state index contributed by atoms with van der Waals surface area (Å²) in [6, 6.07) is 18.4. The van der Waals surface area contributed by atoms with E-state index in [1.165, 1.54) is 0 Å². The van der Waals surface area contributed by atoms with Gasteiger partial charge in [0, 0.05) is 36.9 Å². The van der Waals surface area contributed by atoms with Gasteiger partial charge in [0.25, 0.3) is 0 Å². The fourth-order valence-electron chi connectivity index (χ4n) is 4.54. The molecule has 7 heteroatoms. The Morgan fingerprint density at radius 2 is 2.03 bits per heavy atom. The first kappa shape index (κ1) is 20.0. The summed E-state index contributed by atoms with van der Waals surface area (Å²) in [5.74, 6) is 0.840. The lowest BCUT2D eigenvalue weighted by atomic mass is 10.0. The fourth-order valence-corrected chi connectivity index (χ4v) is 4.86. The summed E-state index contributed by atoms with van der Waals surface area (Å²) in [4.78, 5) is 6.92. The standard InChI is InChI=1S/C24H26N4O2S/c1-29-18-11-9-17(10-12-18)27-14-4-8-21(27)23-22(20-7-2-3-13-25-20)26-24(31)28(23)16-19-6-5-15-30-19/h2-4,7-14,19,22-23H,5-6,15-16H2,1H3,(H,26,31)/t19-,22-,23-/m0/s1. The molecular weight excluding hydrogens is 408 g/mol. The molecule has 2 aliphatic heterocycles. The third-order valence-electron chi connectivity index (χ3n) is 6.06. The van der Waals surface area contributed by atoms with Crippen LogP contribution in [0.4, 0.5) is 0 Å². The molecule has 6 nitrogen and oxygen atoms in total. The number of benzene rings is 1. The zero-order valence-electron chi connectivity index (χ0n) is 17.5. The molecule has 160 valence electrons. The van der Waals surface area contributed by atoms with Gasteiger partial charge in [-0.3, -0.25) is 4.98 Å². The minimum atomic E-state index is -0.0398. The number of ether oxygens (including phenoxy) is 2. The number of pyridine rings is 1. The van der Waals surface area contributed by atoms with Crippen molar-refractivity contribution in [1.82, 2.24) is 19.8 Å². The molecule has 1 N–H and O–H groups in total. The van der Waals surface area contributed by atoms with Crippen LogP contribution in [0.15, 0.2) is 67.0 Å². The molecule has 2 fully saturated rings. The van der Waals surface area contributed by atoms with E-state index in [1.807, 2.05) is 30.5 Å². The summed E-state index contributed by atoms with van der Waals surface area (Å²) in [6.45, 7) is 1.60. The molecule has 31 heavy (non-hydrogen) atoms. The van der Waals surface area contributed by atoms with Crippen molar-refractivity contribution in [2.24, 2.45) is 0 Å². The van der Waals surface area contributed by atoms with Crippen LogP contribution in [0.2, 0.25) is 0 Å². The van der Waals surface area contributed by atoms with Gasteiger partial charge in [-0.05, 0) is 73.6 Å². The van der Waals surface area contributed by atoms with Gasteiger partial charge in [-0.2, -0.15) is 0 Å². The number of thiocarbonyl (C=S) groups is 1. The Bertz CT molecular complexity index is 1030. The molecule has 0 spiro atoms. The lowest BCUT2D eigenvalue weighted by Gasteiger charge is -2.30. The minimum absolute atomic E-state index is 0.00343. The Hall–Kier alpha value is -2.90. The van der Waals surface area contributed by atoms with E-state index in [2.05, 4.69) is 56.3 Å². The van der Waals surface area contributed by atoms with Crippen LogP contribution in [-0.2, 0) is 4.74 Å². The summed E-state index contributed by atoms with van der Waals surface area (Å²) in [6.07, 6.45) is 6.31. The number of nitrogens with zero attached hydrogens (tertiary/aromatic N) is 3. The highest BCUT2D eigenvalue weighted by Crippen LogP contribution is 2.40. The Morgan fingerprint density at radius 1 is 1.16 bits per heavy atom. The number of rotatable bonds is 6. The second kappa shape index (κ2) is 8.69. The monoisotopic (exact) mass is 434 g/mol. The van der Waals surface area contributed by atoms with Crippen molar-refractivity contribution < 1.29 is 9.47 Å². The number of methoxy groups -OCH3 is 1. The molecule has 0 unspecified atom stereocenters. The third-order valence-corrected chi connectivity index (χ3v) is 6.41. The van der Waals surface area contributed by atoms with Gasteiger partial charge in [0.15, 0.2) is 5.11 Å². The van der Waals surface area contributed by atoms with E-state index in [1.54, 1.807) is 7.11 Å². The van der Waals surface area contributed by atoms with Gasteiger partial charge in [0.1, 0.15) is 5.75 Å². The van der Waals surface area contributed by atoms with Crippen molar-refractivity contribution in [2.45, 2.75) is 31.0 Å². The van der Waals surface area contributed by atoms with Crippen molar-refractivity contribution in [3.8, 4) is 11.4 Å². The Balaban J connectivity index is 1.55. The molecule has 0 bridgehead atoms. The molecule has 4 heterocycles. The quantitative estimate of drug-likeness (QED) is 0.591. The molecule has 1 aromatic carbocycles. The Kier molecular flexibility index (Phi) is 5.61. The topological polar surface area (TPSA) is 51.5 Å². The zero-order valence-corrected chi connectivity index (χ0v) is 18.3. The van der Waals surface area contributed by atoms with E-state index in [9.17, 15) is 0 Å². The van der Waals surface area contributed by atoms with Crippen LogP contribution < -0.4 is 10.1 Å².